The number of hydrogen-bond donors (Lipinski definition) is 2. The lowest BCUT2D eigenvalue weighted by atomic mass is 10.1. The lowest BCUT2D eigenvalue weighted by Gasteiger charge is -2.08. The van der Waals surface area contributed by atoms with Crippen LogP contribution >= 0.6 is 11.3 Å². The molecule has 1 amide bonds. The van der Waals surface area contributed by atoms with Gasteiger partial charge in [-0.1, -0.05) is 24.3 Å². The summed E-state index contributed by atoms with van der Waals surface area (Å²) in [6.07, 6.45) is 0. The molecule has 0 saturated carbocycles. The molecular weight excluding hydrogens is 256 g/mol. The predicted molar refractivity (Wildman–Crippen MR) is 78.4 cm³/mol. The molecule has 0 aliphatic rings. The van der Waals surface area contributed by atoms with E-state index in [4.69, 9.17) is 0 Å². The maximum Gasteiger partial charge on any atom is 0.252 e. The van der Waals surface area contributed by atoms with E-state index >= 15 is 0 Å². The number of nitrogens with one attached hydrogen (secondary N) is 2. The van der Waals surface area contributed by atoms with Gasteiger partial charge < -0.3 is 10.2 Å². The molecular formula is C15H19N2OS+. The second-order valence-corrected chi connectivity index (χ2v) is 5.68. The van der Waals surface area contributed by atoms with Crippen molar-refractivity contribution < 1.29 is 9.69 Å². The summed E-state index contributed by atoms with van der Waals surface area (Å²) in [6, 6.07) is 10.2. The van der Waals surface area contributed by atoms with E-state index in [1.54, 1.807) is 0 Å². The Bertz CT molecular complexity index is 518. The van der Waals surface area contributed by atoms with E-state index in [1.165, 1.54) is 21.8 Å². The maximum absolute atomic E-state index is 11.8. The fourth-order valence-corrected chi connectivity index (χ4v) is 2.50. The Morgan fingerprint density at radius 2 is 1.84 bits per heavy atom. The molecule has 0 aliphatic heterocycles. The quantitative estimate of drug-likeness (QED) is 0.848. The molecule has 0 saturated heterocycles. The second kappa shape index (κ2) is 6.50. The highest BCUT2D eigenvalue weighted by Gasteiger charge is 2.05. The van der Waals surface area contributed by atoms with Crippen molar-refractivity contribution in [1.82, 2.24) is 5.32 Å². The van der Waals surface area contributed by atoms with Gasteiger partial charge in [-0.15, -0.1) is 0 Å². The molecule has 4 heteroatoms. The molecule has 0 atom stereocenters. The van der Waals surface area contributed by atoms with E-state index < -0.39 is 0 Å². The molecule has 19 heavy (non-hydrogen) atoms. The molecule has 1 heterocycles. The number of rotatable bonds is 5. The van der Waals surface area contributed by atoms with E-state index in [2.05, 4.69) is 43.7 Å². The Kier molecular flexibility index (Phi) is 4.71. The molecule has 0 bridgehead atoms. The largest absolute Gasteiger partial charge is 0.348 e. The minimum absolute atomic E-state index is 0.0111. The van der Waals surface area contributed by atoms with Crippen LogP contribution in [-0.2, 0) is 13.1 Å². The Morgan fingerprint density at radius 1 is 1.16 bits per heavy atom. The molecule has 0 spiro atoms. The highest BCUT2D eigenvalue weighted by Crippen LogP contribution is 2.07. The molecule has 100 valence electrons. The fourth-order valence-electron chi connectivity index (χ4n) is 1.86. The smallest absolute Gasteiger partial charge is 0.252 e. The first-order valence-electron chi connectivity index (χ1n) is 6.32. The Labute approximate surface area is 117 Å². The zero-order chi connectivity index (χ0) is 13.7. The third-order valence-corrected chi connectivity index (χ3v) is 3.50. The zero-order valence-electron chi connectivity index (χ0n) is 11.3. The van der Waals surface area contributed by atoms with Gasteiger partial charge in [-0.05, 0) is 17.0 Å². The van der Waals surface area contributed by atoms with Crippen molar-refractivity contribution in [3.63, 3.8) is 0 Å². The summed E-state index contributed by atoms with van der Waals surface area (Å²) in [5.41, 5.74) is 3.17. The summed E-state index contributed by atoms with van der Waals surface area (Å²) < 4.78 is 0. The van der Waals surface area contributed by atoms with Crippen molar-refractivity contribution in [2.45, 2.75) is 13.1 Å². The minimum Gasteiger partial charge on any atom is -0.348 e. The number of carbonyl (C=O) groups is 1. The summed E-state index contributed by atoms with van der Waals surface area (Å²) in [4.78, 5) is 13.2. The van der Waals surface area contributed by atoms with Crippen LogP contribution in [0.5, 0.6) is 0 Å². The molecule has 1 aromatic heterocycles. The third kappa shape index (κ3) is 4.19. The van der Waals surface area contributed by atoms with Crippen molar-refractivity contribution in [3.05, 3.63) is 57.8 Å². The van der Waals surface area contributed by atoms with Crippen LogP contribution < -0.4 is 10.2 Å². The van der Waals surface area contributed by atoms with Gasteiger partial charge in [0.15, 0.2) is 0 Å². The van der Waals surface area contributed by atoms with Gasteiger partial charge in [0.05, 0.1) is 14.1 Å². The van der Waals surface area contributed by atoms with E-state index in [-0.39, 0.29) is 5.91 Å². The van der Waals surface area contributed by atoms with Gasteiger partial charge in [0.25, 0.3) is 5.91 Å². The summed E-state index contributed by atoms with van der Waals surface area (Å²) in [5.74, 6) is -0.0111. The number of thiophene rings is 1. The van der Waals surface area contributed by atoms with E-state index in [0.717, 1.165) is 17.7 Å². The summed E-state index contributed by atoms with van der Waals surface area (Å²) >= 11 is 1.53. The Morgan fingerprint density at radius 3 is 2.42 bits per heavy atom. The standard InChI is InChI=1S/C15H18N2OS/c1-17(2)10-13-5-3-12(4-6-13)9-16-15(18)14-7-8-19-11-14/h3-8,11H,9-10H2,1-2H3,(H,16,18)/p+1. The van der Waals surface area contributed by atoms with E-state index in [0.29, 0.717) is 6.54 Å². The van der Waals surface area contributed by atoms with Crippen molar-refractivity contribution in [2.75, 3.05) is 14.1 Å². The van der Waals surface area contributed by atoms with Crippen molar-refractivity contribution >= 4 is 17.2 Å². The van der Waals surface area contributed by atoms with Gasteiger partial charge in [0.2, 0.25) is 0 Å². The molecule has 0 aliphatic carbocycles. The molecule has 1 aromatic carbocycles. The first-order valence-corrected chi connectivity index (χ1v) is 7.26. The first kappa shape index (κ1) is 13.8. The highest BCUT2D eigenvalue weighted by molar-refractivity contribution is 7.08. The highest BCUT2D eigenvalue weighted by atomic mass is 32.1. The SMILES string of the molecule is C[NH+](C)Cc1ccc(CNC(=O)c2ccsc2)cc1. The molecule has 0 radical (unpaired) electrons. The monoisotopic (exact) mass is 275 g/mol. The predicted octanol–water partition coefficient (Wildman–Crippen LogP) is 1.32. The van der Waals surface area contributed by atoms with Crippen LogP contribution in [-0.4, -0.2) is 20.0 Å². The average molecular weight is 275 g/mol. The summed E-state index contributed by atoms with van der Waals surface area (Å²) in [7, 11) is 4.27. The summed E-state index contributed by atoms with van der Waals surface area (Å²) in [6.45, 7) is 1.59. The average Bonchev–Trinajstić information content (AvgIpc) is 2.91. The number of quaternary nitrogens is 1. The zero-order valence-corrected chi connectivity index (χ0v) is 12.1. The van der Waals surface area contributed by atoms with Crippen LogP contribution in [0, 0.1) is 0 Å². The minimum atomic E-state index is -0.0111. The topological polar surface area (TPSA) is 33.5 Å². The first-order chi connectivity index (χ1) is 9.15. The lowest BCUT2D eigenvalue weighted by molar-refractivity contribution is -0.872. The van der Waals surface area contributed by atoms with Gasteiger partial charge in [0, 0.05) is 23.1 Å². The van der Waals surface area contributed by atoms with Crippen LogP contribution in [0.25, 0.3) is 0 Å². The Balaban J connectivity index is 1.88. The van der Waals surface area contributed by atoms with Crippen LogP contribution in [0.2, 0.25) is 0 Å². The molecule has 0 unspecified atom stereocenters. The third-order valence-electron chi connectivity index (χ3n) is 2.82. The van der Waals surface area contributed by atoms with Crippen molar-refractivity contribution in [3.8, 4) is 0 Å². The number of hydrogen-bond acceptors (Lipinski definition) is 2. The lowest BCUT2D eigenvalue weighted by Crippen LogP contribution is -3.04. The molecule has 2 aromatic rings. The van der Waals surface area contributed by atoms with Crippen molar-refractivity contribution in [2.24, 2.45) is 0 Å². The molecule has 2 rings (SSSR count). The molecule has 3 nitrogen and oxygen atoms in total. The van der Waals surface area contributed by atoms with Gasteiger partial charge in [0.1, 0.15) is 6.54 Å². The summed E-state index contributed by atoms with van der Waals surface area (Å²) in [5, 5.41) is 6.69. The number of benzene rings is 1. The van der Waals surface area contributed by atoms with Crippen LogP contribution in [0.15, 0.2) is 41.1 Å². The number of carbonyl (C=O) groups excluding carboxylic acids is 1. The van der Waals surface area contributed by atoms with E-state index in [1.807, 2.05) is 16.8 Å². The van der Waals surface area contributed by atoms with Crippen LogP contribution in [0.4, 0.5) is 0 Å². The van der Waals surface area contributed by atoms with Gasteiger partial charge in [-0.25, -0.2) is 0 Å². The fraction of sp³-hybridized carbons (Fsp3) is 0.267. The Hall–Kier alpha value is -1.65. The second-order valence-electron chi connectivity index (χ2n) is 4.90. The molecule has 0 fully saturated rings. The van der Waals surface area contributed by atoms with Gasteiger partial charge >= 0.3 is 0 Å². The van der Waals surface area contributed by atoms with E-state index in [9.17, 15) is 4.79 Å². The normalized spacial score (nSPS) is 10.7. The van der Waals surface area contributed by atoms with Gasteiger partial charge in [-0.2, -0.15) is 11.3 Å². The molecule has 2 N–H and O–H groups in total. The number of amides is 1. The van der Waals surface area contributed by atoms with Gasteiger partial charge in [-0.3, -0.25) is 4.79 Å². The van der Waals surface area contributed by atoms with Crippen molar-refractivity contribution in [1.29, 1.82) is 0 Å². The van der Waals surface area contributed by atoms with Crippen LogP contribution in [0.1, 0.15) is 21.5 Å². The van der Waals surface area contributed by atoms with Crippen LogP contribution in [0.3, 0.4) is 0 Å². The maximum atomic E-state index is 11.8.